The number of rotatable bonds is 5. The molecular weight excluding hydrogens is 244 g/mol. The number of hydrogen-bond donors (Lipinski definition) is 1. The molecule has 0 fully saturated rings. The van der Waals surface area contributed by atoms with E-state index in [1.165, 1.54) is 24.8 Å². The van der Waals surface area contributed by atoms with Crippen LogP contribution >= 0.6 is 0 Å². The fourth-order valence-corrected chi connectivity index (χ4v) is 3.13. The second-order valence-corrected chi connectivity index (χ2v) is 5.60. The van der Waals surface area contributed by atoms with Crippen molar-refractivity contribution < 1.29 is 0 Å². The van der Waals surface area contributed by atoms with E-state index in [4.69, 9.17) is 0 Å². The monoisotopic (exact) mass is 266 g/mol. The molecule has 2 nitrogen and oxygen atoms in total. The fraction of sp³-hybridized carbons (Fsp3) is 0.389. The number of nitrogens with zero attached hydrogens (tertiary/aromatic N) is 1. The van der Waals surface area contributed by atoms with Crippen LogP contribution in [-0.2, 0) is 12.8 Å². The van der Waals surface area contributed by atoms with Crippen molar-refractivity contribution in [1.29, 1.82) is 0 Å². The number of aromatic nitrogens is 1. The number of aryl methyl sites for hydroxylation is 1. The molecule has 1 heterocycles. The molecule has 0 saturated carbocycles. The Morgan fingerprint density at radius 1 is 1.10 bits per heavy atom. The fourth-order valence-electron chi connectivity index (χ4n) is 3.13. The van der Waals surface area contributed by atoms with Crippen molar-refractivity contribution in [3.63, 3.8) is 0 Å². The summed E-state index contributed by atoms with van der Waals surface area (Å²) in [7, 11) is 0. The Balaban J connectivity index is 1.50. The largest absolute Gasteiger partial charge is 0.316 e. The molecule has 1 aliphatic rings. The van der Waals surface area contributed by atoms with Gasteiger partial charge in [-0.05, 0) is 67.0 Å². The molecule has 0 bridgehead atoms. The SMILES string of the molecule is c1ccc2c(c1)CCCC2CNCCc1ccncc1. The Kier molecular flexibility index (Phi) is 4.44. The van der Waals surface area contributed by atoms with Crippen LogP contribution in [-0.4, -0.2) is 18.1 Å². The third-order valence-electron chi connectivity index (χ3n) is 4.22. The van der Waals surface area contributed by atoms with Gasteiger partial charge >= 0.3 is 0 Å². The summed E-state index contributed by atoms with van der Waals surface area (Å²) in [5, 5.41) is 3.62. The van der Waals surface area contributed by atoms with Crippen molar-refractivity contribution >= 4 is 0 Å². The molecule has 0 amide bonds. The van der Waals surface area contributed by atoms with Crippen LogP contribution in [0.3, 0.4) is 0 Å². The molecule has 1 unspecified atom stereocenters. The molecule has 1 N–H and O–H groups in total. The first-order valence-corrected chi connectivity index (χ1v) is 7.61. The van der Waals surface area contributed by atoms with E-state index in [1.54, 1.807) is 11.1 Å². The molecule has 1 atom stereocenters. The highest BCUT2D eigenvalue weighted by atomic mass is 14.9. The normalized spacial score (nSPS) is 17.7. The van der Waals surface area contributed by atoms with E-state index in [0.29, 0.717) is 5.92 Å². The maximum Gasteiger partial charge on any atom is 0.0270 e. The van der Waals surface area contributed by atoms with Crippen LogP contribution < -0.4 is 5.32 Å². The third kappa shape index (κ3) is 3.26. The molecule has 0 saturated heterocycles. The summed E-state index contributed by atoms with van der Waals surface area (Å²) >= 11 is 0. The lowest BCUT2D eigenvalue weighted by Crippen LogP contribution is -2.26. The van der Waals surface area contributed by atoms with E-state index in [-0.39, 0.29) is 0 Å². The Hall–Kier alpha value is -1.67. The van der Waals surface area contributed by atoms with E-state index in [0.717, 1.165) is 19.5 Å². The highest BCUT2D eigenvalue weighted by Crippen LogP contribution is 2.30. The van der Waals surface area contributed by atoms with Crippen LogP contribution in [0.25, 0.3) is 0 Å². The zero-order chi connectivity index (χ0) is 13.6. The van der Waals surface area contributed by atoms with Crippen LogP contribution in [0.4, 0.5) is 0 Å². The van der Waals surface area contributed by atoms with Crippen LogP contribution in [0, 0.1) is 0 Å². The molecule has 0 aliphatic heterocycles. The zero-order valence-corrected chi connectivity index (χ0v) is 11.9. The first kappa shape index (κ1) is 13.3. The van der Waals surface area contributed by atoms with Gasteiger partial charge in [0.1, 0.15) is 0 Å². The number of fused-ring (bicyclic) bond motifs is 1. The van der Waals surface area contributed by atoms with Crippen molar-refractivity contribution in [1.82, 2.24) is 10.3 Å². The van der Waals surface area contributed by atoms with Gasteiger partial charge in [-0.2, -0.15) is 0 Å². The van der Waals surface area contributed by atoms with Crippen molar-refractivity contribution in [2.45, 2.75) is 31.6 Å². The summed E-state index contributed by atoms with van der Waals surface area (Å²) in [5.74, 6) is 0.692. The molecule has 0 radical (unpaired) electrons. The molecule has 0 spiro atoms. The number of hydrogen-bond acceptors (Lipinski definition) is 2. The second kappa shape index (κ2) is 6.67. The summed E-state index contributed by atoms with van der Waals surface area (Å²) in [5.41, 5.74) is 4.48. The smallest absolute Gasteiger partial charge is 0.0270 e. The minimum absolute atomic E-state index is 0.692. The predicted molar refractivity (Wildman–Crippen MR) is 82.9 cm³/mol. The van der Waals surface area contributed by atoms with Crippen molar-refractivity contribution in [2.24, 2.45) is 0 Å². The molecule has 2 aromatic rings. The Bertz CT molecular complexity index is 536. The standard InChI is InChI=1S/C18H22N2/c1-2-7-18-16(4-1)5-3-6-17(18)14-20-13-10-15-8-11-19-12-9-15/h1-2,4,7-9,11-12,17,20H,3,5-6,10,13-14H2. The van der Waals surface area contributed by atoms with Gasteiger partial charge in [-0.15, -0.1) is 0 Å². The van der Waals surface area contributed by atoms with Gasteiger partial charge in [0.05, 0.1) is 0 Å². The van der Waals surface area contributed by atoms with Crippen LogP contribution in [0.15, 0.2) is 48.8 Å². The van der Waals surface area contributed by atoms with E-state index < -0.39 is 0 Å². The van der Waals surface area contributed by atoms with Gasteiger partial charge in [0, 0.05) is 18.9 Å². The summed E-state index contributed by atoms with van der Waals surface area (Å²) in [6, 6.07) is 13.1. The molecule has 2 heteroatoms. The van der Waals surface area contributed by atoms with Gasteiger partial charge in [0.25, 0.3) is 0 Å². The first-order chi connectivity index (χ1) is 9.93. The van der Waals surface area contributed by atoms with E-state index >= 15 is 0 Å². The van der Waals surface area contributed by atoms with E-state index in [1.807, 2.05) is 12.4 Å². The Labute approximate surface area is 121 Å². The average Bonchev–Trinajstić information content (AvgIpc) is 2.53. The highest BCUT2D eigenvalue weighted by molar-refractivity contribution is 5.32. The average molecular weight is 266 g/mol. The van der Waals surface area contributed by atoms with Gasteiger partial charge in [0.15, 0.2) is 0 Å². The molecule has 1 aromatic heterocycles. The van der Waals surface area contributed by atoms with Crippen LogP contribution in [0.5, 0.6) is 0 Å². The maximum atomic E-state index is 4.05. The first-order valence-electron chi connectivity index (χ1n) is 7.61. The minimum atomic E-state index is 0.692. The maximum absolute atomic E-state index is 4.05. The summed E-state index contributed by atoms with van der Waals surface area (Å²) < 4.78 is 0. The van der Waals surface area contributed by atoms with Gasteiger partial charge in [-0.3, -0.25) is 4.98 Å². The van der Waals surface area contributed by atoms with Gasteiger partial charge < -0.3 is 5.32 Å². The summed E-state index contributed by atoms with van der Waals surface area (Å²) in [6.45, 7) is 2.14. The molecular formula is C18H22N2. The molecule has 1 aromatic carbocycles. The van der Waals surface area contributed by atoms with E-state index in [9.17, 15) is 0 Å². The van der Waals surface area contributed by atoms with Crippen LogP contribution in [0.1, 0.15) is 35.4 Å². The Morgan fingerprint density at radius 3 is 2.85 bits per heavy atom. The molecule has 20 heavy (non-hydrogen) atoms. The molecule has 1 aliphatic carbocycles. The summed E-state index contributed by atoms with van der Waals surface area (Å²) in [6.07, 6.45) is 8.72. The lowest BCUT2D eigenvalue weighted by Gasteiger charge is -2.25. The lowest BCUT2D eigenvalue weighted by molar-refractivity contribution is 0.509. The highest BCUT2D eigenvalue weighted by Gasteiger charge is 2.18. The number of nitrogens with one attached hydrogen (secondary N) is 1. The summed E-state index contributed by atoms with van der Waals surface area (Å²) in [4.78, 5) is 4.05. The molecule has 104 valence electrons. The van der Waals surface area contributed by atoms with Gasteiger partial charge in [-0.1, -0.05) is 24.3 Å². The lowest BCUT2D eigenvalue weighted by atomic mass is 9.83. The van der Waals surface area contributed by atoms with E-state index in [2.05, 4.69) is 46.7 Å². The third-order valence-corrected chi connectivity index (χ3v) is 4.22. The predicted octanol–water partition coefficient (Wildman–Crippen LogP) is 3.33. The van der Waals surface area contributed by atoms with Crippen molar-refractivity contribution in [3.8, 4) is 0 Å². The second-order valence-electron chi connectivity index (χ2n) is 5.60. The topological polar surface area (TPSA) is 24.9 Å². The van der Waals surface area contributed by atoms with Crippen molar-refractivity contribution in [2.75, 3.05) is 13.1 Å². The minimum Gasteiger partial charge on any atom is -0.316 e. The Morgan fingerprint density at radius 2 is 1.95 bits per heavy atom. The quantitative estimate of drug-likeness (QED) is 0.840. The van der Waals surface area contributed by atoms with Crippen molar-refractivity contribution in [3.05, 3.63) is 65.5 Å². The zero-order valence-electron chi connectivity index (χ0n) is 11.9. The van der Waals surface area contributed by atoms with Gasteiger partial charge in [0.2, 0.25) is 0 Å². The van der Waals surface area contributed by atoms with Crippen LogP contribution in [0.2, 0.25) is 0 Å². The van der Waals surface area contributed by atoms with Gasteiger partial charge in [-0.25, -0.2) is 0 Å². The number of benzene rings is 1. The molecule has 3 rings (SSSR count). The number of pyridine rings is 1.